The molecule has 1 aromatic rings. The van der Waals surface area contributed by atoms with Crippen LogP contribution in [-0.2, 0) is 0 Å². The van der Waals surface area contributed by atoms with Crippen LogP contribution in [0.25, 0.3) is 0 Å². The monoisotopic (exact) mass is 296 g/mol. The molecule has 1 aliphatic rings. The standard InChI is InChI=1S/C16H25FN2O2/c1-12(20)13-5-4-6-14(17)15(13)19-9-7-18(8-10-19)11-16(2,3)21/h4-6,12,20-21H,7-11H2,1-3H3/t12-/m0/s1. The number of halogens is 1. The van der Waals surface area contributed by atoms with E-state index in [1.54, 1.807) is 32.9 Å². The normalized spacial score (nSPS) is 18.9. The number of rotatable bonds is 4. The summed E-state index contributed by atoms with van der Waals surface area (Å²) in [6, 6.07) is 4.84. The summed E-state index contributed by atoms with van der Waals surface area (Å²) in [5.41, 5.74) is 0.423. The molecule has 5 heteroatoms. The number of para-hydroxylation sites is 1. The molecule has 2 N–H and O–H groups in total. The average molecular weight is 296 g/mol. The first-order valence-electron chi connectivity index (χ1n) is 7.44. The minimum absolute atomic E-state index is 0.288. The van der Waals surface area contributed by atoms with Crippen LogP contribution in [0.1, 0.15) is 32.4 Å². The number of hydrogen-bond donors (Lipinski definition) is 2. The number of anilines is 1. The second-order valence-corrected chi connectivity index (χ2v) is 6.43. The maximum Gasteiger partial charge on any atom is 0.146 e. The first kappa shape index (κ1) is 16.2. The summed E-state index contributed by atoms with van der Waals surface area (Å²) in [5.74, 6) is -0.288. The number of hydrogen-bond acceptors (Lipinski definition) is 4. The van der Waals surface area contributed by atoms with Gasteiger partial charge in [0.1, 0.15) is 5.82 Å². The Bertz CT molecular complexity index is 478. The number of aliphatic hydroxyl groups excluding tert-OH is 1. The highest BCUT2D eigenvalue weighted by molar-refractivity contribution is 5.56. The van der Waals surface area contributed by atoms with E-state index in [1.165, 1.54) is 6.07 Å². The number of β-amino-alcohol motifs (C(OH)–C–C–N with tert-alkyl or cyclic N) is 1. The Kier molecular flexibility index (Phi) is 4.86. The molecule has 0 aromatic heterocycles. The molecule has 0 unspecified atom stereocenters. The zero-order valence-electron chi connectivity index (χ0n) is 13.0. The molecule has 1 aromatic carbocycles. The lowest BCUT2D eigenvalue weighted by Gasteiger charge is -2.39. The average Bonchev–Trinajstić information content (AvgIpc) is 2.37. The number of benzene rings is 1. The minimum Gasteiger partial charge on any atom is -0.389 e. The second-order valence-electron chi connectivity index (χ2n) is 6.43. The van der Waals surface area contributed by atoms with Crippen molar-refractivity contribution in [1.82, 2.24) is 4.90 Å². The minimum atomic E-state index is -0.717. The molecule has 4 nitrogen and oxygen atoms in total. The van der Waals surface area contributed by atoms with Crippen LogP contribution in [0.4, 0.5) is 10.1 Å². The van der Waals surface area contributed by atoms with Crippen LogP contribution < -0.4 is 4.90 Å². The van der Waals surface area contributed by atoms with Crippen LogP contribution in [0.15, 0.2) is 18.2 Å². The molecule has 0 bridgehead atoms. The van der Waals surface area contributed by atoms with Gasteiger partial charge in [-0.25, -0.2) is 4.39 Å². The van der Waals surface area contributed by atoms with Crippen molar-refractivity contribution < 1.29 is 14.6 Å². The SMILES string of the molecule is C[C@H](O)c1cccc(F)c1N1CCN(CC(C)(C)O)CC1. The summed E-state index contributed by atoms with van der Waals surface area (Å²) in [4.78, 5) is 4.16. The lowest BCUT2D eigenvalue weighted by Crippen LogP contribution is -2.51. The largest absolute Gasteiger partial charge is 0.389 e. The summed E-state index contributed by atoms with van der Waals surface area (Å²) >= 11 is 0. The molecule has 0 aliphatic carbocycles. The Morgan fingerprint density at radius 2 is 1.86 bits per heavy atom. The summed E-state index contributed by atoms with van der Waals surface area (Å²) in [7, 11) is 0. The summed E-state index contributed by atoms with van der Waals surface area (Å²) in [5, 5.41) is 19.7. The van der Waals surface area contributed by atoms with E-state index in [4.69, 9.17) is 0 Å². The Morgan fingerprint density at radius 3 is 2.38 bits per heavy atom. The Labute approximate surface area is 125 Å². The van der Waals surface area contributed by atoms with Crippen LogP contribution in [0.3, 0.4) is 0 Å². The van der Waals surface area contributed by atoms with Crippen LogP contribution in [-0.4, -0.2) is 53.4 Å². The molecule has 1 saturated heterocycles. The van der Waals surface area contributed by atoms with Crippen molar-refractivity contribution in [3.8, 4) is 0 Å². The molecule has 1 atom stereocenters. The summed E-state index contributed by atoms with van der Waals surface area (Å²) < 4.78 is 14.2. The van der Waals surface area contributed by atoms with Gasteiger partial charge in [-0.15, -0.1) is 0 Å². The molecule has 0 saturated carbocycles. The van der Waals surface area contributed by atoms with Crippen molar-refractivity contribution in [3.63, 3.8) is 0 Å². The first-order chi connectivity index (χ1) is 9.78. The van der Waals surface area contributed by atoms with E-state index < -0.39 is 11.7 Å². The van der Waals surface area contributed by atoms with Gasteiger partial charge in [-0.1, -0.05) is 12.1 Å². The van der Waals surface area contributed by atoms with Gasteiger partial charge in [0.15, 0.2) is 0 Å². The predicted octanol–water partition coefficient (Wildman–Crippen LogP) is 1.77. The van der Waals surface area contributed by atoms with E-state index in [1.807, 2.05) is 4.90 Å². The van der Waals surface area contributed by atoms with Crippen molar-refractivity contribution in [1.29, 1.82) is 0 Å². The van der Waals surface area contributed by atoms with E-state index in [2.05, 4.69) is 4.90 Å². The number of piperazine rings is 1. The highest BCUT2D eigenvalue weighted by Crippen LogP contribution is 2.30. The van der Waals surface area contributed by atoms with Gasteiger partial charge < -0.3 is 15.1 Å². The fourth-order valence-corrected chi connectivity index (χ4v) is 2.88. The van der Waals surface area contributed by atoms with Gasteiger partial charge in [0.2, 0.25) is 0 Å². The zero-order chi connectivity index (χ0) is 15.6. The molecular weight excluding hydrogens is 271 g/mol. The van der Waals surface area contributed by atoms with Gasteiger partial charge in [-0.3, -0.25) is 4.90 Å². The van der Waals surface area contributed by atoms with E-state index in [-0.39, 0.29) is 5.82 Å². The van der Waals surface area contributed by atoms with Gasteiger partial charge in [0.05, 0.1) is 17.4 Å². The lowest BCUT2D eigenvalue weighted by atomic mass is 10.1. The van der Waals surface area contributed by atoms with Crippen LogP contribution in [0.5, 0.6) is 0 Å². The van der Waals surface area contributed by atoms with Crippen molar-refractivity contribution in [2.45, 2.75) is 32.5 Å². The van der Waals surface area contributed by atoms with Crippen LogP contribution in [0, 0.1) is 5.82 Å². The quantitative estimate of drug-likeness (QED) is 0.889. The predicted molar refractivity (Wildman–Crippen MR) is 82.0 cm³/mol. The Balaban J connectivity index is 2.09. The topological polar surface area (TPSA) is 46.9 Å². The maximum absolute atomic E-state index is 14.2. The van der Waals surface area contributed by atoms with Gasteiger partial charge in [-0.2, -0.15) is 0 Å². The molecule has 118 valence electrons. The second kappa shape index (κ2) is 6.30. The zero-order valence-corrected chi connectivity index (χ0v) is 13.0. The molecule has 0 spiro atoms. The van der Waals surface area contributed by atoms with E-state index in [9.17, 15) is 14.6 Å². The molecule has 2 rings (SSSR count). The van der Waals surface area contributed by atoms with Gasteiger partial charge in [0.25, 0.3) is 0 Å². The third kappa shape index (κ3) is 4.15. The molecule has 21 heavy (non-hydrogen) atoms. The van der Waals surface area contributed by atoms with Gasteiger partial charge in [-0.05, 0) is 26.8 Å². The molecule has 1 heterocycles. The van der Waals surface area contributed by atoms with E-state index >= 15 is 0 Å². The third-order valence-corrected chi connectivity index (χ3v) is 3.77. The summed E-state index contributed by atoms with van der Waals surface area (Å²) in [6.07, 6.45) is -0.690. The number of nitrogens with zero attached hydrogens (tertiary/aromatic N) is 2. The fraction of sp³-hybridized carbons (Fsp3) is 0.625. The van der Waals surface area contributed by atoms with Crippen molar-refractivity contribution in [2.24, 2.45) is 0 Å². The van der Waals surface area contributed by atoms with E-state index in [0.717, 1.165) is 13.1 Å². The smallest absolute Gasteiger partial charge is 0.146 e. The summed E-state index contributed by atoms with van der Waals surface area (Å²) in [6.45, 7) is 8.79. The first-order valence-corrected chi connectivity index (χ1v) is 7.44. The van der Waals surface area contributed by atoms with Crippen LogP contribution in [0.2, 0.25) is 0 Å². The highest BCUT2D eigenvalue weighted by Gasteiger charge is 2.25. The highest BCUT2D eigenvalue weighted by atomic mass is 19.1. The van der Waals surface area contributed by atoms with Gasteiger partial charge >= 0.3 is 0 Å². The lowest BCUT2D eigenvalue weighted by molar-refractivity contribution is 0.0344. The van der Waals surface area contributed by atoms with Gasteiger partial charge in [0, 0.05) is 38.3 Å². The van der Waals surface area contributed by atoms with Crippen molar-refractivity contribution >= 4 is 5.69 Å². The van der Waals surface area contributed by atoms with Crippen molar-refractivity contribution in [3.05, 3.63) is 29.6 Å². The molecule has 0 radical (unpaired) electrons. The third-order valence-electron chi connectivity index (χ3n) is 3.77. The van der Waals surface area contributed by atoms with Crippen molar-refractivity contribution in [2.75, 3.05) is 37.6 Å². The Hall–Kier alpha value is -1.17. The Morgan fingerprint density at radius 1 is 1.24 bits per heavy atom. The molecule has 1 fully saturated rings. The fourth-order valence-electron chi connectivity index (χ4n) is 2.88. The van der Waals surface area contributed by atoms with Crippen LogP contribution >= 0.6 is 0 Å². The number of aliphatic hydroxyl groups is 2. The van der Waals surface area contributed by atoms with E-state index in [0.29, 0.717) is 30.9 Å². The maximum atomic E-state index is 14.2. The molecule has 1 aliphatic heterocycles. The molecule has 0 amide bonds. The molecular formula is C16H25FN2O2.